The van der Waals surface area contributed by atoms with Crippen LogP contribution in [0, 0.1) is 0 Å². The third-order valence-electron chi connectivity index (χ3n) is 4.22. The van der Waals surface area contributed by atoms with Gasteiger partial charge in [0.05, 0.1) is 7.11 Å². The minimum Gasteiger partial charge on any atom is -0.496 e. The van der Waals surface area contributed by atoms with Gasteiger partial charge in [-0.3, -0.25) is 9.88 Å². The van der Waals surface area contributed by atoms with E-state index in [1.807, 2.05) is 24.4 Å². The highest BCUT2D eigenvalue weighted by Gasteiger charge is 2.25. The fraction of sp³-hybridized carbons (Fsp3) is 0.389. The van der Waals surface area contributed by atoms with E-state index in [9.17, 15) is 0 Å². The lowest BCUT2D eigenvalue weighted by Gasteiger charge is -2.35. The van der Waals surface area contributed by atoms with Gasteiger partial charge in [-0.05, 0) is 18.2 Å². The van der Waals surface area contributed by atoms with E-state index in [-0.39, 0.29) is 0 Å². The Balaban J connectivity index is 1.91. The summed E-state index contributed by atoms with van der Waals surface area (Å²) in [6.07, 6.45) is 2.77. The van der Waals surface area contributed by atoms with Crippen molar-refractivity contribution in [2.45, 2.75) is 12.5 Å². The summed E-state index contributed by atoms with van der Waals surface area (Å²) >= 11 is 0. The molecule has 0 bridgehead atoms. The van der Waals surface area contributed by atoms with Crippen LogP contribution in [0.3, 0.4) is 0 Å². The molecule has 0 saturated carbocycles. The molecule has 0 spiro atoms. The number of rotatable bonds is 5. The van der Waals surface area contributed by atoms with Crippen LogP contribution >= 0.6 is 0 Å². The number of ether oxygens (including phenoxy) is 1. The van der Waals surface area contributed by atoms with Gasteiger partial charge in [0.15, 0.2) is 0 Å². The highest BCUT2D eigenvalue weighted by molar-refractivity contribution is 5.36. The summed E-state index contributed by atoms with van der Waals surface area (Å²) < 4.78 is 5.59. The maximum absolute atomic E-state index is 5.59. The Kier molecular flexibility index (Phi) is 5.03. The topological polar surface area (TPSA) is 37.4 Å². The Morgan fingerprint density at radius 3 is 2.64 bits per heavy atom. The van der Waals surface area contributed by atoms with Crippen LogP contribution in [0.4, 0.5) is 0 Å². The van der Waals surface area contributed by atoms with Gasteiger partial charge in [-0.2, -0.15) is 0 Å². The van der Waals surface area contributed by atoms with E-state index < -0.39 is 0 Å². The average Bonchev–Trinajstić information content (AvgIpc) is 2.61. The number of hydrogen-bond acceptors (Lipinski definition) is 4. The van der Waals surface area contributed by atoms with Gasteiger partial charge in [-0.1, -0.05) is 24.3 Å². The van der Waals surface area contributed by atoms with Crippen LogP contribution in [-0.4, -0.2) is 43.2 Å². The van der Waals surface area contributed by atoms with Crippen LogP contribution in [-0.2, 0) is 6.42 Å². The molecule has 2 aromatic rings. The predicted octanol–water partition coefficient (Wildman–Crippen LogP) is 2.28. The van der Waals surface area contributed by atoms with Crippen molar-refractivity contribution in [1.29, 1.82) is 0 Å². The van der Waals surface area contributed by atoms with Crippen molar-refractivity contribution < 1.29 is 4.74 Å². The van der Waals surface area contributed by atoms with Gasteiger partial charge >= 0.3 is 0 Å². The second-order valence-corrected chi connectivity index (χ2v) is 5.57. The molecule has 4 nitrogen and oxygen atoms in total. The lowest BCUT2D eigenvalue weighted by molar-refractivity contribution is 0.169. The largest absolute Gasteiger partial charge is 0.496 e. The number of benzene rings is 1. The van der Waals surface area contributed by atoms with E-state index in [4.69, 9.17) is 4.74 Å². The number of pyridine rings is 1. The first-order valence-corrected chi connectivity index (χ1v) is 7.86. The first-order chi connectivity index (χ1) is 10.9. The van der Waals surface area contributed by atoms with E-state index in [0.717, 1.165) is 44.0 Å². The molecular formula is C18H23N3O. The lowest BCUT2D eigenvalue weighted by Crippen LogP contribution is -2.45. The van der Waals surface area contributed by atoms with Crippen LogP contribution in [0.5, 0.6) is 5.75 Å². The smallest absolute Gasteiger partial charge is 0.123 e. The normalized spacial score (nSPS) is 17.1. The van der Waals surface area contributed by atoms with Gasteiger partial charge < -0.3 is 10.1 Å². The molecule has 1 aliphatic rings. The van der Waals surface area contributed by atoms with Crippen LogP contribution in [0.25, 0.3) is 0 Å². The van der Waals surface area contributed by atoms with E-state index in [2.05, 4.69) is 39.5 Å². The summed E-state index contributed by atoms with van der Waals surface area (Å²) in [4.78, 5) is 7.04. The second-order valence-electron chi connectivity index (χ2n) is 5.57. The zero-order valence-corrected chi connectivity index (χ0v) is 13.0. The summed E-state index contributed by atoms with van der Waals surface area (Å²) in [5.74, 6) is 0.960. The van der Waals surface area contributed by atoms with E-state index in [1.54, 1.807) is 7.11 Å². The number of methoxy groups -OCH3 is 1. The van der Waals surface area contributed by atoms with Crippen LogP contribution in [0.2, 0.25) is 0 Å². The molecule has 1 fully saturated rings. The SMILES string of the molecule is COc1ccccc1C(Cc1ccccn1)N1CCNCC1. The summed E-state index contributed by atoms with van der Waals surface area (Å²) in [5.41, 5.74) is 2.37. The van der Waals surface area contributed by atoms with Crippen LogP contribution < -0.4 is 10.1 Å². The van der Waals surface area contributed by atoms with Gasteiger partial charge in [0.25, 0.3) is 0 Å². The standard InChI is InChI=1S/C18H23N3O/c1-22-18-8-3-2-7-16(18)17(21-12-10-19-11-13-21)14-15-6-4-5-9-20-15/h2-9,17,19H,10-14H2,1H3. The molecule has 0 amide bonds. The Labute approximate surface area is 132 Å². The number of para-hydroxylation sites is 1. The van der Waals surface area contributed by atoms with Crippen molar-refractivity contribution in [3.63, 3.8) is 0 Å². The number of nitrogens with zero attached hydrogens (tertiary/aromatic N) is 2. The van der Waals surface area contributed by atoms with Crippen molar-refractivity contribution in [3.8, 4) is 5.75 Å². The molecule has 1 saturated heterocycles. The first kappa shape index (κ1) is 15.0. The number of piperazine rings is 1. The van der Waals surface area contributed by atoms with Crippen molar-refractivity contribution in [3.05, 3.63) is 59.9 Å². The third kappa shape index (κ3) is 3.46. The molecule has 1 unspecified atom stereocenters. The molecule has 0 aliphatic carbocycles. The average molecular weight is 297 g/mol. The Bertz CT molecular complexity index is 582. The molecule has 4 heteroatoms. The van der Waals surface area contributed by atoms with E-state index in [0.29, 0.717) is 6.04 Å². The minimum atomic E-state index is 0.299. The molecular weight excluding hydrogens is 274 g/mol. The summed E-state index contributed by atoms with van der Waals surface area (Å²) in [6.45, 7) is 4.17. The monoisotopic (exact) mass is 297 g/mol. The number of hydrogen-bond donors (Lipinski definition) is 1. The quantitative estimate of drug-likeness (QED) is 0.919. The molecule has 116 valence electrons. The lowest BCUT2D eigenvalue weighted by atomic mass is 9.98. The Morgan fingerprint density at radius 2 is 1.91 bits per heavy atom. The summed E-state index contributed by atoms with van der Waals surface area (Å²) in [5, 5.41) is 3.42. The fourth-order valence-corrected chi connectivity index (χ4v) is 3.09. The molecule has 22 heavy (non-hydrogen) atoms. The molecule has 2 heterocycles. The third-order valence-corrected chi connectivity index (χ3v) is 4.22. The van der Waals surface area contributed by atoms with E-state index in [1.165, 1.54) is 5.56 Å². The summed E-state index contributed by atoms with van der Waals surface area (Å²) in [6, 6.07) is 14.8. The minimum absolute atomic E-state index is 0.299. The van der Waals surface area contributed by atoms with Crippen molar-refractivity contribution >= 4 is 0 Å². The van der Waals surface area contributed by atoms with Gasteiger partial charge in [-0.15, -0.1) is 0 Å². The first-order valence-electron chi connectivity index (χ1n) is 7.86. The Morgan fingerprint density at radius 1 is 1.14 bits per heavy atom. The van der Waals surface area contributed by atoms with Crippen LogP contribution in [0.1, 0.15) is 17.3 Å². The van der Waals surface area contributed by atoms with Gasteiger partial charge in [0.1, 0.15) is 5.75 Å². The maximum Gasteiger partial charge on any atom is 0.123 e. The Hall–Kier alpha value is -1.91. The van der Waals surface area contributed by atoms with Gasteiger partial charge in [0.2, 0.25) is 0 Å². The molecule has 1 aliphatic heterocycles. The molecule has 1 N–H and O–H groups in total. The number of aromatic nitrogens is 1. The van der Waals surface area contributed by atoms with Crippen molar-refractivity contribution in [2.24, 2.45) is 0 Å². The molecule has 1 aromatic carbocycles. The highest BCUT2D eigenvalue weighted by atomic mass is 16.5. The van der Waals surface area contributed by atoms with Gasteiger partial charge in [-0.25, -0.2) is 0 Å². The second kappa shape index (κ2) is 7.38. The zero-order chi connectivity index (χ0) is 15.2. The van der Waals surface area contributed by atoms with Crippen molar-refractivity contribution in [1.82, 2.24) is 15.2 Å². The predicted molar refractivity (Wildman–Crippen MR) is 88.1 cm³/mol. The van der Waals surface area contributed by atoms with Crippen molar-refractivity contribution in [2.75, 3.05) is 33.3 Å². The summed E-state index contributed by atoms with van der Waals surface area (Å²) in [7, 11) is 1.74. The van der Waals surface area contributed by atoms with Crippen LogP contribution in [0.15, 0.2) is 48.7 Å². The number of nitrogens with one attached hydrogen (secondary N) is 1. The molecule has 1 aromatic heterocycles. The highest BCUT2D eigenvalue weighted by Crippen LogP contribution is 2.31. The zero-order valence-electron chi connectivity index (χ0n) is 13.0. The molecule has 0 radical (unpaired) electrons. The fourth-order valence-electron chi connectivity index (χ4n) is 3.09. The molecule has 3 rings (SSSR count). The van der Waals surface area contributed by atoms with E-state index >= 15 is 0 Å². The van der Waals surface area contributed by atoms with Gasteiger partial charge in [0, 0.05) is 56.1 Å². The molecule has 1 atom stereocenters. The maximum atomic E-state index is 5.59.